The topological polar surface area (TPSA) is 107 Å². The van der Waals surface area contributed by atoms with E-state index in [0.717, 1.165) is 62.1 Å². The van der Waals surface area contributed by atoms with Gasteiger partial charge >= 0.3 is 11.9 Å². The van der Waals surface area contributed by atoms with Crippen LogP contribution in [0.3, 0.4) is 0 Å². The average Bonchev–Trinajstić information content (AvgIpc) is 3.03. The summed E-state index contributed by atoms with van der Waals surface area (Å²) in [6.07, 6.45) is 5.03. The van der Waals surface area contributed by atoms with E-state index in [4.69, 9.17) is 9.47 Å². The fourth-order valence-corrected chi connectivity index (χ4v) is 5.30. The third-order valence-electron chi connectivity index (χ3n) is 8.23. The Morgan fingerprint density at radius 2 is 1.00 bits per heavy atom. The summed E-state index contributed by atoms with van der Waals surface area (Å²) in [5.41, 5.74) is -1.85. The van der Waals surface area contributed by atoms with Gasteiger partial charge in [0.25, 0.3) is 0 Å². The van der Waals surface area contributed by atoms with E-state index in [1.807, 2.05) is 9.80 Å². The number of nitrogens with zero attached hydrogens (tertiary/aromatic N) is 4. The summed E-state index contributed by atoms with van der Waals surface area (Å²) in [6.45, 7) is 5.68. The number of anilines is 2. The first-order chi connectivity index (χ1) is 22.0. The third kappa shape index (κ3) is 8.45. The molecule has 2 saturated heterocycles. The van der Waals surface area contributed by atoms with Crippen LogP contribution in [0.5, 0.6) is 0 Å². The lowest BCUT2D eigenvalue weighted by atomic mass is 9.98. The molecule has 0 spiro atoms. The van der Waals surface area contributed by atoms with E-state index in [1.165, 1.54) is 12.1 Å². The second-order valence-corrected chi connectivity index (χ2v) is 11.6. The lowest BCUT2D eigenvalue weighted by Crippen LogP contribution is -2.32. The molecule has 0 radical (unpaired) electrons. The van der Waals surface area contributed by atoms with Gasteiger partial charge in [0.15, 0.2) is 0 Å². The van der Waals surface area contributed by atoms with Gasteiger partial charge in [-0.15, -0.1) is 0 Å². The summed E-state index contributed by atoms with van der Waals surface area (Å²) < 4.78 is 69.1. The molecule has 0 unspecified atom stereocenters. The molecule has 0 N–H and O–H groups in total. The molecular formula is C34H34F4N4O4. The number of ether oxygens (including phenoxy) is 2. The molecule has 0 aliphatic carbocycles. The molecule has 0 amide bonds. The summed E-state index contributed by atoms with van der Waals surface area (Å²) in [5, 5.41) is 18.8. The molecular weight excluding hydrogens is 604 g/mol. The summed E-state index contributed by atoms with van der Waals surface area (Å²) >= 11 is 0. The van der Waals surface area contributed by atoms with E-state index in [2.05, 4.69) is 13.8 Å². The molecule has 2 fully saturated rings. The van der Waals surface area contributed by atoms with Crippen LogP contribution in [0.15, 0.2) is 35.4 Å². The number of nitriles is 2. The maximum atomic E-state index is 14.8. The number of piperidine rings is 2. The van der Waals surface area contributed by atoms with Gasteiger partial charge in [-0.3, -0.25) is 0 Å². The molecule has 2 aliphatic rings. The zero-order valence-electron chi connectivity index (χ0n) is 25.6. The predicted octanol–water partition coefficient (Wildman–Crippen LogP) is 6.32. The van der Waals surface area contributed by atoms with Crippen LogP contribution >= 0.6 is 0 Å². The smallest absolute Gasteiger partial charge is 0.349 e. The Morgan fingerprint density at radius 3 is 1.28 bits per heavy atom. The number of hydrogen-bond acceptors (Lipinski definition) is 8. The van der Waals surface area contributed by atoms with Crippen molar-refractivity contribution in [1.29, 1.82) is 10.5 Å². The maximum Gasteiger partial charge on any atom is 0.349 e. The number of carbonyl (C=O) groups is 2. The molecule has 242 valence electrons. The van der Waals surface area contributed by atoms with Gasteiger partial charge in [0.1, 0.15) is 59.8 Å². The number of rotatable bonds is 9. The molecule has 2 heterocycles. The van der Waals surface area contributed by atoms with E-state index in [-0.39, 0.29) is 0 Å². The van der Waals surface area contributed by atoms with E-state index in [1.54, 1.807) is 0 Å². The van der Waals surface area contributed by atoms with Gasteiger partial charge in [0, 0.05) is 48.7 Å². The molecule has 2 aliphatic heterocycles. The van der Waals surface area contributed by atoms with Crippen molar-refractivity contribution in [1.82, 2.24) is 0 Å². The fourth-order valence-electron chi connectivity index (χ4n) is 5.30. The Balaban J connectivity index is 1.34. The highest BCUT2D eigenvalue weighted by molar-refractivity contribution is 5.99. The van der Waals surface area contributed by atoms with Crippen molar-refractivity contribution in [3.05, 3.63) is 69.8 Å². The van der Waals surface area contributed by atoms with E-state index in [9.17, 15) is 37.7 Å². The maximum absolute atomic E-state index is 14.8. The number of benzene rings is 2. The van der Waals surface area contributed by atoms with Gasteiger partial charge in [0.2, 0.25) is 0 Å². The first-order valence-corrected chi connectivity index (χ1v) is 15.1. The van der Waals surface area contributed by atoms with E-state index < -0.39 is 70.7 Å². The molecule has 0 atom stereocenters. The van der Waals surface area contributed by atoms with Gasteiger partial charge in [-0.1, -0.05) is 13.8 Å². The number of halogens is 4. The van der Waals surface area contributed by atoms with Crippen LogP contribution in [0.4, 0.5) is 28.9 Å². The Morgan fingerprint density at radius 1 is 0.696 bits per heavy atom. The summed E-state index contributed by atoms with van der Waals surface area (Å²) in [5.74, 6) is -5.23. The zero-order valence-corrected chi connectivity index (χ0v) is 25.6. The second-order valence-electron chi connectivity index (χ2n) is 11.6. The second kappa shape index (κ2) is 15.4. The van der Waals surface area contributed by atoms with Crippen molar-refractivity contribution < 1.29 is 36.6 Å². The quantitative estimate of drug-likeness (QED) is 0.103. The van der Waals surface area contributed by atoms with Crippen molar-refractivity contribution in [3.8, 4) is 12.1 Å². The molecule has 0 saturated carbocycles. The zero-order chi connectivity index (χ0) is 33.4. The first-order valence-electron chi connectivity index (χ1n) is 15.1. The molecule has 8 nitrogen and oxygen atoms in total. The van der Waals surface area contributed by atoms with Gasteiger partial charge in [-0.05, 0) is 73.9 Å². The van der Waals surface area contributed by atoms with Crippen molar-refractivity contribution in [2.45, 2.75) is 39.5 Å². The summed E-state index contributed by atoms with van der Waals surface area (Å²) in [7, 11) is 0. The molecule has 0 bridgehead atoms. The van der Waals surface area contributed by atoms with Crippen LogP contribution in [0.25, 0.3) is 12.2 Å². The van der Waals surface area contributed by atoms with Gasteiger partial charge in [-0.2, -0.15) is 10.5 Å². The molecule has 2 aromatic rings. The van der Waals surface area contributed by atoms with Gasteiger partial charge in [0.05, 0.1) is 0 Å². The number of esters is 2. The van der Waals surface area contributed by atoms with Crippen LogP contribution in [0.1, 0.15) is 50.7 Å². The van der Waals surface area contributed by atoms with E-state index in [0.29, 0.717) is 49.4 Å². The van der Waals surface area contributed by atoms with E-state index >= 15 is 0 Å². The minimum atomic E-state index is -1.23. The lowest BCUT2D eigenvalue weighted by molar-refractivity contribution is -0.146. The lowest BCUT2D eigenvalue weighted by Gasteiger charge is -2.32. The third-order valence-corrected chi connectivity index (χ3v) is 8.23. The van der Waals surface area contributed by atoms with Gasteiger partial charge < -0.3 is 19.3 Å². The van der Waals surface area contributed by atoms with Crippen LogP contribution in [-0.4, -0.2) is 51.3 Å². The molecule has 4 rings (SSSR count). The predicted molar refractivity (Wildman–Crippen MR) is 163 cm³/mol. The van der Waals surface area contributed by atoms with Crippen LogP contribution in [0, 0.1) is 57.8 Å². The number of carbonyl (C=O) groups excluding carboxylic acids is 2. The van der Waals surface area contributed by atoms with Crippen molar-refractivity contribution >= 4 is 35.5 Å². The average molecular weight is 639 g/mol. The van der Waals surface area contributed by atoms with Crippen LogP contribution in [0.2, 0.25) is 0 Å². The molecule has 12 heteroatoms. The largest absolute Gasteiger partial charge is 0.458 e. The minimum Gasteiger partial charge on any atom is -0.458 e. The van der Waals surface area contributed by atoms with Crippen LogP contribution in [-0.2, 0) is 19.1 Å². The highest BCUT2D eigenvalue weighted by Gasteiger charge is 2.22. The number of hydrogen-bond donors (Lipinski definition) is 0. The van der Waals surface area contributed by atoms with Crippen molar-refractivity contribution in [2.75, 3.05) is 49.2 Å². The monoisotopic (exact) mass is 638 g/mol. The first kappa shape index (κ1) is 34.0. The fraction of sp³-hybridized carbons (Fsp3) is 0.412. The normalized spacial score (nSPS) is 16.5. The Labute approximate surface area is 265 Å². The highest BCUT2D eigenvalue weighted by Crippen LogP contribution is 2.29. The van der Waals surface area contributed by atoms with Crippen LogP contribution < -0.4 is 9.80 Å². The molecule has 0 aromatic heterocycles. The van der Waals surface area contributed by atoms with Crippen molar-refractivity contribution in [2.24, 2.45) is 11.8 Å². The van der Waals surface area contributed by atoms with Gasteiger partial charge in [-0.25, -0.2) is 27.2 Å². The summed E-state index contributed by atoms with van der Waals surface area (Å²) in [6, 6.07) is 7.66. The van der Waals surface area contributed by atoms with Crippen molar-refractivity contribution in [3.63, 3.8) is 0 Å². The molecule has 2 aromatic carbocycles. The minimum absolute atomic E-state index is 0.363. The Bertz CT molecular complexity index is 1450. The summed E-state index contributed by atoms with van der Waals surface area (Å²) in [4.78, 5) is 28.5. The standard InChI is InChI=1S/C34H34F4N4O4/c1-21-3-7-41(8-4-21)25-15-29(35)27(30(36)16-25)13-23(19-39)33(43)45-11-12-46-34(44)24(20-40)14-28-31(37)17-26(18-32(28)38)42-9-5-22(2)6-10-42/h13-18,21-22H,3-12H2,1-2H3/b23-13+,24-14+. The SMILES string of the molecule is CC1CCN(c2cc(F)c(/C=C(\C#N)C(=O)OCCOC(=O)/C(C#N)=C/c3c(F)cc(N4CCC(C)CC4)cc3F)c(F)c2)CC1. The Hall–Kier alpha value is -4.84. The Kier molecular flexibility index (Phi) is 11.4. The molecule has 46 heavy (non-hydrogen) atoms. The highest BCUT2D eigenvalue weighted by atomic mass is 19.1.